The molecule has 0 spiro atoms. The molecule has 0 aliphatic rings. The van der Waals surface area contributed by atoms with Crippen molar-refractivity contribution in [3.8, 4) is 0 Å². The van der Waals surface area contributed by atoms with Gasteiger partial charge in [-0.15, -0.1) is 19.4 Å². The fraction of sp³-hybridized carbons (Fsp3) is 1.00. The number of hydrogen-bond donors (Lipinski definition) is 0. The van der Waals surface area contributed by atoms with Crippen molar-refractivity contribution >= 4 is 52.5 Å². The van der Waals surface area contributed by atoms with Crippen LogP contribution in [-0.4, -0.2) is 218 Å². The van der Waals surface area contributed by atoms with E-state index in [1.165, 1.54) is 153 Å². The molecule has 0 atom stereocenters. The summed E-state index contributed by atoms with van der Waals surface area (Å²) in [7, 11) is -27.1. The van der Waals surface area contributed by atoms with Crippen molar-refractivity contribution < 1.29 is 107 Å². The highest BCUT2D eigenvalue weighted by atomic mass is 32.3. The van der Waals surface area contributed by atoms with Crippen LogP contribution in [-0.2, 0) is 52.5 Å². The summed E-state index contributed by atoms with van der Waals surface area (Å²) in [5.74, 6) is 0. The van der Waals surface area contributed by atoms with E-state index < -0.39 is 52.5 Å². The molecule has 0 aliphatic carbocycles. The number of halogens is 5. The maximum Gasteiger partial charge on any atom is 0.255 e. The fourth-order valence-corrected chi connectivity index (χ4v) is 6.71. The second kappa shape index (κ2) is 48.9. The molecule has 0 saturated heterocycles. The van der Waals surface area contributed by atoms with E-state index in [1.54, 1.807) is 0 Å². The van der Waals surface area contributed by atoms with E-state index in [-0.39, 0.29) is 0 Å². The van der Waals surface area contributed by atoms with Crippen molar-refractivity contribution in [1.29, 1.82) is 0 Å². The normalized spacial score (nSPS) is 11.9. The van der Waals surface area contributed by atoms with Crippen LogP contribution in [0.5, 0.6) is 0 Å². The summed E-state index contributed by atoms with van der Waals surface area (Å²) >= 11 is 0. The molecule has 440 valence electrons. The van der Waals surface area contributed by atoms with Crippen molar-refractivity contribution in [1.82, 2.24) is 0 Å². The van der Waals surface area contributed by atoms with Crippen LogP contribution in [0.3, 0.4) is 0 Å². The van der Waals surface area contributed by atoms with Crippen molar-refractivity contribution in [3.05, 3.63) is 0 Å². The Hall–Kier alpha value is -1.00. The molecule has 0 bridgehead atoms. The van der Waals surface area contributed by atoms with Crippen molar-refractivity contribution in [2.75, 3.05) is 131 Å². The standard InChI is InChI=1S/5C8H20N.5FHO3S/c5*1-5-9(6-2,7-3)8-4;5*1-5(2,3)4/h5*5-8H2,1-4H3;5*(H,2,3,4)/q5*+1;;;;;/p-5. The van der Waals surface area contributed by atoms with Gasteiger partial charge < -0.3 is 45.2 Å². The third-order valence-corrected chi connectivity index (χ3v) is 13.4. The first kappa shape index (κ1) is 91.7. The Labute approximate surface area is 426 Å². The predicted octanol–water partition coefficient (Wildman–Crippen LogP) is 6.49. The summed E-state index contributed by atoms with van der Waals surface area (Å²) in [6, 6.07) is 0. The molecule has 0 radical (unpaired) electrons. The molecule has 0 aliphatic heterocycles. The Balaban J connectivity index is -0.0000000723. The molecule has 0 aromatic rings. The topological polar surface area (TPSA) is 286 Å². The quantitative estimate of drug-likeness (QED) is 0.0544. The van der Waals surface area contributed by atoms with Crippen LogP contribution >= 0.6 is 0 Å². The molecule has 0 rings (SSSR count). The lowest BCUT2D eigenvalue weighted by Gasteiger charge is -2.34. The van der Waals surface area contributed by atoms with Crippen LogP contribution in [0.4, 0.5) is 19.4 Å². The third kappa shape index (κ3) is 83.8. The first-order valence-electron chi connectivity index (χ1n) is 23.7. The maximum absolute atomic E-state index is 10.1. The largest absolute Gasteiger partial charge is 0.722 e. The second-order valence-electron chi connectivity index (χ2n) is 15.0. The SMILES string of the molecule is CC[N+](CC)(CC)CC.CC[N+](CC)(CC)CC.CC[N+](CC)(CC)CC.CC[N+](CC)(CC)CC.CC[N+](CC)(CC)CC.O=S(=O)([O-])F.O=S(=O)([O-])F.O=S(=O)([O-])F.O=S(=O)([O-])F.O=S(=O)([O-])F. The molecule has 0 aromatic heterocycles. The molecule has 20 nitrogen and oxygen atoms in total. The lowest BCUT2D eigenvalue weighted by atomic mass is 10.3. The van der Waals surface area contributed by atoms with Gasteiger partial charge in [0.1, 0.15) is 0 Å². The van der Waals surface area contributed by atoms with Gasteiger partial charge in [0.15, 0.2) is 0 Å². The molecule has 0 aromatic carbocycles. The highest BCUT2D eigenvalue weighted by Gasteiger charge is 2.19. The summed E-state index contributed by atoms with van der Waals surface area (Å²) in [6.07, 6.45) is 0. The second-order valence-corrected chi connectivity index (χ2v) is 18.9. The van der Waals surface area contributed by atoms with Crippen molar-refractivity contribution in [2.24, 2.45) is 0 Å². The minimum atomic E-state index is -5.42. The highest BCUT2D eigenvalue weighted by Crippen LogP contribution is 2.06. The van der Waals surface area contributed by atoms with Crippen molar-refractivity contribution in [3.63, 3.8) is 0 Å². The number of nitrogens with zero attached hydrogens (tertiary/aromatic N) is 5. The van der Waals surface area contributed by atoms with E-state index in [0.29, 0.717) is 0 Å². The average molecular weight is 1150 g/mol. The van der Waals surface area contributed by atoms with Crippen LogP contribution in [0, 0.1) is 0 Å². The van der Waals surface area contributed by atoms with Gasteiger partial charge in [0, 0.05) is 0 Å². The molecule has 30 heteroatoms. The van der Waals surface area contributed by atoms with Gasteiger partial charge in [-0.1, -0.05) is 0 Å². The van der Waals surface area contributed by atoms with E-state index in [9.17, 15) is 19.4 Å². The van der Waals surface area contributed by atoms with E-state index in [1.807, 2.05) is 0 Å². The van der Waals surface area contributed by atoms with Crippen LogP contribution in [0.15, 0.2) is 0 Å². The predicted molar refractivity (Wildman–Crippen MR) is 266 cm³/mol. The average Bonchev–Trinajstić information content (AvgIpc) is 3.24. The van der Waals surface area contributed by atoms with Crippen molar-refractivity contribution in [2.45, 2.75) is 138 Å². The minimum absolute atomic E-state index is 1.28. The minimum Gasteiger partial charge on any atom is -0.722 e. The molecule has 0 saturated carbocycles. The Bertz CT molecular complexity index is 1290. The smallest absolute Gasteiger partial charge is 0.255 e. The Morgan fingerprint density at radius 3 is 0.229 bits per heavy atom. The molecule has 70 heavy (non-hydrogen) atoms. The van der Waals surface area contributed by atoms with Crippen LogP contribution in [0.1, 0.15) is 138 Å². The molecule has 0 amide bonds. The first-order chi connectivity index (χ1) is 31.2. The lowest BCUT2D eigenvalue weighted by molar-refractivity contribution is -0.921. The van der Waals surface area contributed by atoms with E-state index >= 15 is 0 Å². The Morgan fingerprint density at radius 2 is 0.229 bits per heavy atom. The zero-order valence-corrected chi connectivity index (χ0v) is 50.5. The summed E-state index contributed by atoms with van der Waals surface area (Å²) in [5, 5.41) is 0. The molecular weight excluding hydrogens is 1050 g/mol. The monoisotopic (exact) mass is 1150 g/mol. The van der Waals surface area contributed by atoms with Gasteiger partial charge in [0.05, 0.1) is 131 Å². The van der Waals surface area contributed by atoms with Gasteiger partial charge in [-0.3, -0.25) is 0 Å². The summed E-state index contributed by atoms with van der Waals surface area (Å²) < 4.78 is 183. The van der Waals surface area contributed by atoms with E-state index in [2.05, 4.69) is 138 Å². The van der Waals surface area contributed by atoms with Crippen LogP contribution < -0.4 is 0 Å². The summed E-state index contributed by atoms with van der Waals surface area (Å²) in [6.45, 7) is 71.1. The Kier molecular flexibility index (Phi) is 64.0. The Morgan fingerprint density at radius 1 is 0.200 bits per heavy atom. The molecule has 0 N–H and O–H groups in total. The molecule has 0 fully saturated rings. The van der Waals surface area contributed by atoms with Gasteiger partial charge >= 0.3 is 0 Å². The molecule has 0 unspecified atom stereocenters. The van der Waals surface area contributed by atoms with Gasteiger partial charge in [0.25, 0.3) is 52.5 Å². The number of hydrogen-bond acceptors (Lipinski definition) is 15. The van der Waals surface area contributed by atoms with E-state index in [4.69, 9.17) is 64.9 Å². The van der Waals surface area contributed by atoms with E-state index in [0.717, 1.165) is 0 Å². The number of rotatable bonds is 20. The highest BCUT2D eigenvalue weighted by molar-refractivity contribution is 7.81. The van der Waals surface area contributed by atoms with Gasteiger partial charge in [-0.2, -0.15) is 0 Å². The first-order valence-corrected chi connectivity index (χ1v) is 30.3. The van der Waals surface area contributed by atoms with Crippen LogP contribution in [0.2, 0.25) is 0 Å². The zero-order valence-electron chi connectivity index (χ0n) is 46.4. The zero-order chi connectivity index (χ0) is 59.1. The maximum atomic E-state index is 10.1. The molecule has 0 heterocycles. The summed E-state index contributed by atoms with van der Waals surface area (Å²) in [5.41, 5.74) is 0. The lowest BCUT2D eigenvalue weighted by Crippen LogP contribution is -2.47. The van der Waals surface area contributed by atoms with Gasteiger partial charge in [-0.05, 0) is 138 Å². The molecular formula is C40H100F5N5O15S5. The van der Waals surface area contributed by atoms with Gasteiger partial charge in [-0.25, -0.2) is 42.1 Å². The summed E-state index contributed by atoms with van der Waals surface area (Å²) in [4.78, 5) is 0. The van der Waals surface area contributed by atoms with Crippen LogP contribution in [0.25, 0.3) is 0 Å². The van der Waals surface area contributed by atoms with Gasteiger partial charge in [0.2, 0.25) is 0 Å². The third-order valence-electron chi connectivity index (χ3n) is 13.4. The number of quaternary nitrogens is 5. The fourth-order valence-electron chi connectivity index (χ4n) is 6.71.